The molecule has 0 aliphatic rings. The van der Waals surface area contributed by atoms with Gasteiger partial charge in [-0.25, -0.2) is 0 Å². The highest BCUT2D eigenvalue weighted by Crippen LogP contribution is 2.34. The van der Waals surface area contributed by atoms with Crippen molar-refractivity contribution in [3.63, 3.8) is 0 Å². The standard InChI is InChI=1S/C15H19NO3/c1-18-13-7-6-11-4-2-3-5-12(11)15(13)14(10-16)19-9-8-17/h2-7,14,17H,8-10,16H2,1H3. The number of benzene rings is 2. The zero-order valence-electron chi connectivity index (χ0n) is 11.0. The Balaban J connectivity index is 2.53. The second-order valence-electron chi connectivity index (χ2n) is 4.22. The smallest absolute Gasteiger partial charge is 0.125 e. The molecule has 0 radical (unpaired) electrons. The van der Waals surface area contributed by atoms with Crippen LogP contribution in [0.2, 0.25) is 0 Å². The van der Waals surface area contributed by atoms with Crippen LogP contribution in [0, 0.1) is 0 Å². The van der Waals surface area contributed by atoms with E-state index in [0.29, 0.717) is 6.54 Å². The van der Waals surface area contributed by atoms with Crippen molar-refractivity contribution >= 4 is 10.8 Å². The van der Waals surface area contributed by atoms with Gasteiger partial charge in [-0.1, -0.05) is 30.3 Å². The van der Waals surface area contributed by atoms with Gasteiger partial charge in [-0.2, -0.15) is 0 Å². The molecule has 19 heavy (non-hydrogen) atoms. The minimum absolute atomic E-state index is 0.0242. The minimum Gasteiger partial charge on any atom is -0.496 e. The summed E-state index contributed by atoms with van der Waals surface area (Å²) in [6.45, 7) is 0.572. The van der Waals surface area contributed by atoms with Gasteiger partial charge in [0.15, 0.2) is 0 Å². The van der Waals surface area contributed by atoms with E-state index in [9.17, 15) is 0 Å². The zero-order chi connectivity index (χ0) is 13.7. The predicted molar refractivity (Wildman–Crippen MR) is 75.3 cm³/mol. The van der Waals surface area contributed by atoms with Crippen molar-refractivity contribution < 1.29 is 14.6 Å². The van der Waals surface area contributed by atoms with E-state index in [0.717, 1.165) is 22.1 Å². The van der Waals surface area contributed by atoms with Crippen LogP contribution in [-0.4, -0.2) is 32.0 Å². The highest BCUT2D eigenvalue weighted by molar-refractivity contribution is 5.88. The topological polar surface area (TPSA) is 64.7 Å². The molecule has 0 fully saturated rings. The lowest BCUT2D eigenvalue weighted by Gasteiger charge is -2.20. The molecule has 1 unspecified atom stereocenters. The molecule has 2 aromatic carbocycles. The molecule has 0 aromatic heterocycles. The van der Waals surface area contributed by atoms with Gasteiger partial charge in [0.1, 0.15) is 5.75 Å². The zero-order valence-corrected chi connectivity index (χ0v) is 11.0. The number of ether oxygens (including phenoxy) is 2. The number of hydrogen-bond donors (Lipinski definition) is 2. The molecule has 4 nitrogen and oxygen atoms in total. The Bertz CT molecular complexity index is 542. The van der Waals surface area contributed by atoms with Gasteiger partial charge in [0, 0.05) is 12.1 Å². The van der Waals surface area contributed by atoms with Crippen molar-refractivity contribution in [2.45, 2.75) is 6.10 Å². The van der Waals surface area contributed by atoms with Crippen LogP contribution in [0.25, 0.3) is 10.8 Å². The van der Waals surface area contributed by atoms with E-state index >= 15 is 0 Å². The molecule has 1 atom stereocenters. The van der Waals surface area contributed by atoms with E-state index in [1.807, 2.05) is 36.4 Å². The van der Waals surface area contributed by atoms with Crippen molar-refractivity contribution in [1.82, 2.24) is 0 Å². The molecule has 0 saturated heterocycles. The normalized spacial score (nSPS) is 12.6. The molecule has 2 aromatic rings. The molecule has 0 spiro atoms. The average Bonchev–Trinajstić information content (AvgIpc) is 2.47. The maximum atomic E-state index is 8.90. The lowest BCUT2D eigenvalue weighted by atomic mass is 9.99. The second-order valence-corrected chi connectivity index (χ2v) is 4.22. The Morgan fingerprint density at radius 1 is 1.21 bits per heavy atom. The van der Waals surface area contributed by atoms with Crippen LogP contribution in [0.15, 0.2) is 36.4 Å². The SMILES string of the molecule is COc1ccc2ccccc2c1C(CN)OCCO. The van der Waals surface area contributed by atoms with E-state index in [-0.39, 0.29) is 19.3 Å². The van der Waals surface area contributed by atoms with Gasteiger partial charge in [-0.3, -0.25) is 0 Å². The molecule has 0 bridgehead atoms. The number of nitrogens with two attached hydrogens (primary N) is 1. The van der Waals surface area contributed by atoms with E-state index in [1.54, 1.807) is 7.11 Å². The van der Waals surface area contributed by atoms with Gasteiger partial charge in [-0.05, 0) is 16.8 Å². The predicted octanol–water partition coefficient (Wildman–Crippen LogP) is 1.86. The monoisotopic (exact) mass is 261 g/mol. The Kier molecular flexibility index (Phi) is 4.74. The largest absolute Gasteiger partial charge is 0.496 e. The highest BCUT2D eigenvalue weighted by Gasteiger charge is 2.18. The minimum atomic E-state index is -0.284. The molecule has 2 rings (SSSR count). The van der Waals surface area contributed by atoms with Gasteiger partial charge < -0.3 is 20.3 Å². The van der Waals surface area contributed by atoms with Crippen LogP contribution in [-0.2, 0) is 4.74 Å². The van der Waals surface area contributed by atoms with Gasteiger partial charge >= 0.3 is 0 Å². The molecular formula is C15H19NO3. The Labute approximate surface area is 112 Å². The van der Waals surface area contributed by atoms with Crippen LogP contribution in [0.4, 0.5) is 0 Å². The molecule has 0 heterocycles. The summed E-state index contributed by atoms with van der Waals surface area (Å²) < 4.78 is 11.0. The Morgan fingerprint density at radius 2 is 2.00 bits per heavy atom. The van der Waals surface area contributed by atoms with Gasteiger partial charge in [0.25, 0.3) is 0 Å². The van der Waals surface area contributed by atoms with Crippen LogP contribution < -0.4 is 10.5 Å². The third-order valence-electron chi connectivity index (χ3n) is 3.10. The first-order valence-corrected chi connectivity index (χ1v) is 6.30. The second kappa shape index (κ2) is 6.52. The molecule has 0 aliphatic carbocycles. The maximum Gasteiger partial charge on any atom is 0.125 e. The van der Waals surface area contributed by atoms with Crippen LogP contribution >= 0.6 is 0 Å². The number of fused-ring (bicyclic) bond motifs is 1. The first-order chi connectivity index (χ1) is 9.31. The van der Waals surface area contributed by atoms with Crippen LogP contribution in [0.3, 0.4) is 0 Å². The molecule has 0 aliphatic heterocycles. The molecular weight excluding hydrogens is 242 g/mol. The van der Waals surface area contributed by atoms with E-state index in [4.69, 9.17) is 20.3 Å². The fourth-order valence-electron chi connectivity index (χ4n) is 2.25. The van der Waals surface area contributed by atoms with E-state index < -0.39 is 0 Å². The van der Waals surface area contributed by atoms with Crippen LogP contribution in [0.1, 0.15) is 11.7 Å². The lowest BCUT2D eigenvalue weighted by Crippen LogP contribution is -2.18. The fourth-order valence-corrected chi connectivity index (χ4v) is 2.25. The van der Waals surface area contributed by atoms with E-state index in [2.05, 4.69) is 0 Å². The molecule has 4 heteroatoms. The maximum absolute atomic E-state index is 8.90. The van der Waals surface area contributed by atoms with Crippen molar-refractivity contribution in [2.24, 2.45) is 5.73 Å². The summed E-state index contributed by atoms with van der Waals surface area (Å²) in [4.78, 5) is 0. The van der Waals surface area contributed by atoms with E-state index in [1.165, 1.54) is 0 Å². The van der Waals surface area contributed by atoms with Crippen molar-refractivity contribution in [1.29, 1.82) is 0 Å². The first kappa shape index (κ1) is 13.8. The van der Waals surface area contributed by atoms with Gasteiger partial charge in [0.2, 0.25) is 0 Å². The number of rotatable bonds is 6. The van der Waals surface area contributed by atoms with Crippen molar-refractivity contribution in [2.75, 3.05) is 26.9 Å². The number of methoxy groups -OCH3 is 1. The summed E-state index contributed by atoms with van der Waals surface area (Å²) in [5.41, 5.74) is 6.74. The lowest BCUT2D eigenvalue weighted by molar-refractivity contribution is 0.0324. The molecule has 3 N–H and O–H groups in total. The van der Waals surface area contributed by atoms with Crippen molar-refractivity contribution in [3.05, 3.63) is 42.0 Å². The molecule has 102 valence electrons. The van der Waals surface area contributed by atoms with Gasteiger partial charge in [0.05, 0.1) is 26.4 Å². The summed E-state index contributed by atoms with van der Waals surface area (Å²) in [5.74, 6) is 0.757. The number of aliphatic hydroxyl groups is 1. The average molecular weight is 261 g/mol. The number of aliphatic hydroxyl groups excluding tert-OH is 1. The van der Waals surface area contributed by atoms with Crippen molar-refractivity contribution in [3.8, 4) is 5.75 Å². The summed E-state index contributed by atoms with van der Waals surface area (Å²) in [5, 5.41) is 11.1. The summed E-state index contributed by atoms with van der Waals surface area (Å²) in [6, 6.07) is 12.0. The Morgan fingerprint density at radius 3 is 2.68 bits per heavy atom. The molecule has 0 amide bonds. The first-order valence-electron chi connectivity index (χ1n) is 6.30. The number of hydrogen-bond acceptors (Lipinski definition) is 4. The van der Waals surface area contributed by atoms with Gasteiger partial charge in [-0.15, -0.1) is 0 Å². The molecule has 0 saturated carbocycles. The Hall–Kier alpha value is -1.62. The summed E-state index contributed by atoms with van der Waals surface area (Å²) in [7, 11) is 1.63. The third kappa shape index (κ3) is 2.87. The highest BCUT2D eigenvalue weighted by atomic mass is 16.5. The third-order valence-corrected chi connectivity index (χ3v) is 3.10. The fraction of sp³-hybridized carbons (Fsp3) is 0.333. The quantitative estimate of drug-likeness (QED) is 0.833. The summed E-state index contributed by atoms with van der Waals surface area (Å²) in [6.07, 6.45) is -0.284. The van der Waals surface area contributed by atoms with Crippen LogP contribution in [0.5, 0.6) is 5.75 Å². The summed E-state index contributed by atoms with van der Waals surface area (Å²) >= 11 is 0.